The summed E-state index contributed by atoms with van der Waals surface area (Å²) in [5.41, 5.74) is 5.23. The normalized spacial score (nSPS) is 10.1. The SMILES string of the molecule is N=C(N)c1nccnc1Oc1cccc(F)c1F. The summed E-state index contributed by atoms with van der Waals surface area (Å²) in [5, 5.41) is 7.27. The molecule has 18 heavy (non-hydrogen) atoms. The molecule has 0 bridgehead atoms. The third kappa shape index (κ3) is 2.24. The van der Waals surface area contributed by atoms with Crippen LogP contribution in [0.5, 0.6) is 11.6 Å². The van der Waals surface area contributed by atoms with E-state index in [9.17, 15) is 8.78 Å². The fraction of sp³-hybridized carbons (Fsp3) is 0. The second kappa shape index (κ2) is 4.74. The highest BCUT2D eigenvalue weighted by Crippen LogP contribution is 2.25. The average molecular weight is 250 g/mol. The van der Waals surface area contributed by atoms with E-state index in [1.807, 2.05) is 0 Å². The van der Waals surface area contributed by atoms with Gasteiger partial charge in [0.1, 0.15) is 5.84 Å². The fourth-order valence-corrected chi connectivity index (χ4v) is 1.25. The van der Waals surface area contributed by atoms with E-state index >= 15 is 0 Å². The van der Waals surface area contributed by atoms with Crippen molar-refractivity contribution in [2.45, 2.75) is 0 Å². The molecule has 5 nitrogen and oxygen atoms in total. The lowest BCUT2D eigenvalue weighted by atomic mass is 10.3. The minimum atomic E-state index is -1.14. The molecule has 2 aromatic rings. The molecule has 0 atom stereocenters. The molecule has 0 amide bonds. The molecule has 0 aliphatic rings. The minimum absolute atomic E-state index is 0.0406. The fourth-order valence-electron chi connectivity index (χ4n) is 1.25. The third-order valence-electron chi connectivity index (χ3n) is 2.04. The number of benzene rings is 1. The number of nitrogens with one attached hydrogen (secondary N) is 1. The molecular formula is C11H8F2N4O. The lowest BCUT2D eigenvalue weighted by Crippen LogP contribution is -2.15. The monoisotopic (exact) mass is 250 g/mol. The van der Waals surface area contributed by atoms with E-state index in [2.05, 4.69) is 9.97 Å². The van der Waals surface area contributed by atoms with E-state index in [4.69, 9.17) is 15.9 Å². The number of halogens is 2. The summed E-state index contributed by atoms with van der Waals surface area (Å²) >= 11 is 0. The van der Waals surface area contributed by atoms with Gasteiger partial charge in [-0.1, -0.05) is 6.07 Å². The van der Waals surface area contributed by atoms with Crippen molar-refractivity contribution < 1.29 is 13.5 Å². The minimum Gasteiger partial charge on any atom is -0.434 e. The molecular weight excluding hydrogens is 242 g/mol. The van der Waals surface area contributed by atoms with Crippen molar-refractivity contribution in [3.63, 3.8) is 0 Å². The zero-order chi connectivity index (χ0) is 13.1. The Kier molecular flexibility index (Phi) is 3.13. The predicted molar refractivity (Wildman–Crippen MR) is 59.5 cm³/mol. The van der Waals surface area contributed by atoms with Gasteiger partial charge in [0, 0.05) is 12.4 Å². The van der Waals surface area contributed by atoms with Crippen LogP contribution in [0.15, 0.2) is 30.6 Å². The van der Waals surface area contributed by atoms with Gasteiger partial charge in [-0.05, 0) is 12.1 Å². The smallest absolute Gasteiger partial charge is 0.249 e. The summed E-state index contributed by atoms with van der Waals surface area (Å²) in [6.07, 6.45) is 2.60. The first-order valence-corrected chi connectivity index (χ1v) is 4.87. The van der Waals surface area contributed by atoms with Crippen LogP contribution in [0.4, 0.5) is 8.78 Å². The van der Waals surface area contributed by atoms with Gasteiger partial charge in [-0.15, -0.1) is 0 Å². The number of rotatable bonds is 3. The first kappa shape index (κ1) is 11.9. The maximum atomic E-state index is 13.4. The zero-order valence-corrected chi connectivity index (χ0v) is 9.02. The number of hydrogen-bond acceptors (Lipinski definition) is 4. The average Bonchev–Trinajstić information content (AvgIpc) is 2.35. The van der Waals surface area contributed by atoms with Crippen molar-refractivity contribution in [1.82, 2.24) is 9.97 Å². The van der Waals surface area contributed by atoms with Gasteiger partial charge in [0.15, 0.2) is 17.3 Å². The lowest BCUT2D eigenvalue weighted by molar-refractivity contribution is 0.403. The van der Waals surface area contributed by atoms with Gasteiger partial charge in [-0.3, -0.25) is 5.41 Å². The van der Waals surface area contributed by atoms with Crippen LogP contribution in [0.2, 0.25) is 0 Å². The Bertz CT molecular complexity index is 603. The molecule has 0 saturated heterocycles. The number of hydrogen-bond donors (Lipinski definition) is 2. The Labute approximate surface area is 101 Å². The number of amidine groups is 1. The van der Waals surface area contributed by atoms with Crippen LogP contribution in [-0.2, 0) is 0 Å². The molecule has 1 heterocycles. The van der Waals surface area contributed by atoms with Gasteiger partial charge >= 0.3 is 0 Å². The predicted octanol–water partition coefficient (Wildman–Crippen LogP) is 1.83. The summed E-state index contributed by atoms with van der Waals surface area (Å²) in [5.74, 6) is -3.07. The summed E-state index contributed by atoms with van der Waals surface area (Å²) in [6.45, 7) is 0. The molecule has 3 N–H and O–H groups in total. The molecule has 0 saturated carbocycles. The van der Waals surface area contributed by atoms with E-state index in [1.165, 1.54) is 24.5 Å². The highest BCUT2D eigenvalue weighted by Gasteiger charge is 2.14. The van der Waals surface area contributed by atoms with Gasteiger partial charge in [0.2, 0.25) is 11.7 Å². The van der Waals surface area contributed by atoms with Crippen LogP contribution < -0.4 is 10.5 Å². The van der Waals surface area contributed by atoms with Crippen LogP contribution in [0.25, 0.3) is 0 Å². The van der Waals surface area contributed by atoms with Gasteiger partial charge in [-0.2, -0.15) is 4.39 Å². The first-order valence-electron chi connectivity index (χ1n) is 4.87. The molecule has 0 fully saturated rings. The van der Waals surface area contributed by atoms with Gasteiger partial charge in [0.05, 0.1) is 0 Å². The quantitative estimate of drug-likeness (QED) is 0.642. The van der Waals surface area contributed by atoms with Crippen LogP contribution in [0, 0.1) is 17.0 Å². The Hall–Kier alpha value is -2.57. The van der Waals surface area contributed by atoms with Crippen LogP contribution >= 0.6 is 0 Å². The zero-order valence-electron chi connectivity index (χ0n) is 9.02. The number of nitrogens with zero attached hydrogens (tertiary/aromatic N) is 2. The summed E-state index contributed by atoms with van der Waals surface area (Å²) in [7, 11) is 0. The highest BCUT2D eigenvalue weighted by molar-refractivity contribution is 5.95. The van der Waals surface area contributed by atoms with Crippen molar-refractivity contribution in [3.8, 4) is 11.6 Å². The Balaban J connectivity index is 2.40. The number of nitrogen functional groups attached to an aromatic ring is 1. The maximum absolute atomic E-state index is 13.4. The number of ether oxygens (including phenoxy) is 1. The first-order chi connectivity index (χ1) is 8.59. The second-order valence-electron chi connectivity index (χ2n) is 3.28. The number of nitrogens with two attached hydrogens (primary N) is 1. The van der Waals surface area contributed by atoms with Crippen molar-refractivity contribution >= 4 is 5.84 Å². The van der Waals surface area contributed by atoms with Crippen molar-refractivity contribution in [2.24, 2.45) is 5.73 Å². The lowest BCUT2D eigenvalue weighted by Gasteiger charge is -2.08. The Morgan fingerprint density at radius 3 is 2.67 bits per heavy atom. The molecule has 2 rings (SSSR count). The third-order valence-corrected chi connectivity index (χ3v) is 2.04. The number of aromatic nitrogens is 2. The van der Waals surface area contributed by atoms with E-state index in [1.54, 1.807) is 0 Å². The van der Waals surface area contributed by atoms with Gasteiger partial charge in [0.25, 0.3) is 0 Å². The molecule has 92 valence electrons. The van der Waals surface area contributed by atoms with Gasteiger partial charge in [-0.25, -0.2) is 14.4 Å². The molecule has 1 aromatic carbocycles. The Morgan fingerprint density at radius 2 is 1.94 bits per heavy atom. The topological polar surface area (TPSA) is 84.9 Å². The molecule has 0 radical (unpaired) electrons. The summed E-state index contributed by atoms with van der Waals surface area (Å²) in [4.78, 5) is 7.54. The Morgan fingerprint density at radius 1 is 1.22 bits per heavy atom. The molecule has 1 aromatic heterocycles. The van der Waals surface area contributed by atoms with Crippen LogP contribution in [0.3, 0.4) is 0 Å². The van der Waals surface area contributed by atoms with Crippen LogP contribution in [-0.4, -0.2) is 15.8 Å². The molecule has 0 aliphatic heterocycles. The molecule has 0 spiro atoms. The summed E-state index contributed by atoms with van der Waals surface area (Å²) in [6, 6.07) is 3.49. The second-order valence-corrected chi connectivity index (χ2v) is 3.28. The molecule has 0 aliphatic carbocycles. The summed E-state index contributed by atoms with van der Waals surface area (Å²) < 4.78 is 31.4. The molecule has 7 heteroatoms. The van der Waals surface area contributed by atoms with E-state index < -0.39 is 11.6 Å². The van der Waals surface area contributed by atoms with Gasteiger partial charge < -0.3 is 10.5 Å². The van der Waals surface area contributed by atoms with Crippen molar-refractivity contribution in [2.75, 3.05) is 0 Å². The van der Waals surface area contributed by atoms with Crippen molar-refractivity contribution in [3.05, 3.63) is 47.9 Å². The standard InChI is InChI=1S/C11H8F2N4O/c12-6-2-1-3-7(8(6)13)18-11-9(10(14)15)16-4-5-17-11/h1-5H,(H3,14,15). The van der Waals surface area contributed by atoms with E-state index in [0.717, 1.165) is 6.07 Å². The van der Waals surface area contributed by atoms with Crippen molar-refractivity contribution in [1.29, 1.82) is 5.41 Å². The highest BCUT2D eigenvalue weighted by atomic mass is 19.2. The van der Waals surface area contributed by atoms with E-state index in [0.29, 0.717) is 0 Å². The largest absolute Gasteiger partial charge is 0.434 e. The van der Waals surface area contributed by atoms with E-state index in [-0.39, 0.29) is 23.2 Å². The van der Waals surface area contributed by atoms with Crippen LogP contribution in [0.1, 0.15) is 5.69 Å². The molecule has 0 unspecified atom stereocenters. The maximum Gasteiger partial charge on any atom is 0.249 e.